The van der Waals surface area contributed by atoms with Gasteiger partial charge in [0.15, 0.2) is 0 Å². The number of carbonyl (C=O) groups excluding carboxylic acids is 1. The van der Waals surface area contributed by atoms with Gasteiger partial charge in [-0.3, -0.25) is 4.79 Å². The van der Waals surface area contributed by atoms with Gasteiger partial charge >= 0.3 is 0 Å². The number of rotatable bonds is 6. The molecule has 2 heteroatoms. The summed E-state index contributed by atoms with van der Waals surface area (Å²) in [5.41, 5.74) is 1.29. The van der Waals surface area contributed by atoms with E-state index in [9.17, 15) is 4.79 Å². The van der Waals surface area contributed by atoms with Crippen molar-refractivity contribution in [3.8, 4) is 0 Å². The van der Waals surface area contributed by atoms with Crippen LogP contribution in [0.4, 0.5) is 0 Å². The Morgan fingerprint density at radius 2 is 2.00 bits per heavy atom. The minimum absolute atomic E-state index is 0.0581. The van der Waals surface area contributed by atoms with Crippen LogP contribution in [-0.2, 0) is 16.0 Å². The van der Waals surface area contributed by atoms with Crippen molar-refractivity contribution in [2.45, 2.75) is 32.3 Å². The summed E-state index contributed by atoms with van der Waals surface area (Å²) in [5.74, 6) is 0.190. The normalized spacial score (nSPS) is 12.4. The van der Waals surface area contributed by atoms with Gasteiger partial charge < -0.3 is 4.74 Å². The van der Waals surface area contributed by atoms with Crippen molar-refractivity contribution >= 4 is 5.78 Å². The largest absolute Gasteiger partial charge is 0.381 e. The van der Waals surface area contributed by atoms with Crippen LogP contribution >= 0.6 is 0 Å². The van der Waals surface area contributed by atoms with Crippen LogP contribution in [0.2, 0.25) is 0 Å². The summed E-state index contributed by atoms with van der Waals surface area (Å²) in [6, 6.07) is 10.3. The Bertz CT molecular complexity index is 293. The minimum Gasteiger partial charge on any atom is -0.381 e. The molecule has 0 aliphatic heterocycles. The third-order valence-corrected chi connectivity index (χ3v) is 2.45. The minimum atomic E-state index is 0.0581. The highest BCUT2D eigenvalue weighted by atomic mass is 16.5. The highest BCUT2D eigenvalue weighted by Gasteiger charge is 2.09. The van der Waals surface area contributed by atoms with Gasteiger partial charge in [0.1, 0.15) is 5.78 Å². The van der Waals surface area contributed by atoms with E-state index < -0.39 is 0 Å². The highest BCUT2D eigenvalue weighted by molar-refractivity contribution is 5.75. The Morgan fingerprint density at radius 1 is 1.33 bits per heavy atom. The molecule has 1 unspecified atom stereocenters. The average molecular weight is 206 g/mol. The predicted octanol–water partition coefficient (Wildman–Crippen LogP) is 2.61. The fourth-order valence-electron chi connectivity index (χ4n) is 1.60. The van der Waals surface area contributed by atoms with Crippen LogP contribution in [0.3, 0.4) is 0 Å². The molecule has 0 aliphatic carbocycles. The lowest BCUT2D eigenvalue weighted by Gasteiger charge is -2.13. The molecule has 0 aromatic heterocycles. The number of ether oxygens (including phenoxy) is 1. The van der Waals surface area contributed by atoms with E-state index in [1.807, 2.05) is 18.2 Å². The molecule has 1 aromatic rings. The van der Waals surface area contributed by atoms with E-state index in [-0.39, 0.29) is 11.9 Å². The van der Waals surface area contributed by atoms with Crippen molar-refractivity contribution in [3.63, 3.8) is 0 Å². The van der Waals surface area contributed by atoms with Gasteiger partial charge in [0, 0.05) is 13.5 Å². The van der Waals surface area contributed by atoms with E-state index in [0.717, 1.165) is 12.8 Å². The third kappa shape index (κ3) is 4.75. The van der Waals surface area contributed by atoms with Gasteiger partial charge in [-0.1, -0.05) is 30.3 Å². The van der Waals surface area contributed by atoms with Crippen LogP contribution in [-0.4, -0.2) is 19.0 Å². The van der Waals surface area contributed by atoms with E-state index >= 15 is 0 Å². The van der Waals surface area contributed by atoms with Crippen LogP contribution in [0.1, 0.15) is 25.3 Å². The summed E-state index contributed by atoms with van der Waals surface area (Å²) in [5, 5.41) is 0. The second-order valence-electron chi connectivity index (χ2n) is 3.79. The lowest BCUT2D eigenvalue weighted by Crippen LogP contribution is -2.15. The van der Waals surface area contributed by atoms with Crippen LogP contribution in [0, 0.1) is 0 Å². The number of hydrogen-bond acceptors (Lipinski definition) is 2. The molecule has 0 N–H and O–H groups in total. The zero-order chi connectivity index (χ0) is 11.1. The van der Waals surface area contributed by atoms with E-state index in [1.54, 1.807) is 14.0 Å². The van der Waals surface area contributed by atoms with E-state index in [1.165, 1.54) is 5.56 Å². The smallest absolute Gasteiger partial charge is 0.132 e. The topological polar surface area (TPSA) is 26.3 Å². The van der Waals surface area contributed by atoms with Gasteiger partial charge in [0.25, 0.3) is 0 Å². The maximum absolute atomic E-state index is 10.9. The molecule has 0 spiro atoms. The molecule has 0 saturated heterocycles. The average Bonchev–Trinajstić information content (AvgIpc) is 2.25. The second kappa shape index (κ2) is 6.36. The molecule has 0 aliphatic rings. The molecule has 82 valence electrons. The summed E-state index contributed by atoms with van der Waals surface area (Å²) in [7, 11) is 1.67. The lowest BCUT2D eigenvalue weighted by molar-refractivity contribution is -0.119. The Kier molecular flexibility index (Phi) is 5.05. The summed E-state index contributed by atoms with van der Waals surface area (Å²) in [6.07, 6.45) is 2.44. The van der Waals surface area contributed by atoms with Crippen molar-refractivity contribution in [3.05, 3.63) is 35.9 Å². The second-order valence-corrected chi connectivity index (χ2v) is 3.79. The summed E-state index contributed by atoms with van der Waals surface area (Å²) >= 11 is 0. The third-order valence-electron chi connectivity index (χ3n) is 2.45. The molecule has 1 aromatic carbocycles. The Hall–Kier alpha value is -1.15. The molecule has 0 bridgehead atoms. The first kappa shape index (κ1) is 11.9. The summed E-state index contributed by atoms with van der Waals surface area (Å²) in [6.45, 7) is 1.61. The SMILES string of the molecule is COC(CCc1ccccc1)CC(C)=O. The molecule has 0 saturated carbocycles. The standard InChI is InChI=1S/C13H18O2/c1-11(14)10-13(15-2)9-8-12-6-4-3-5-7-12/h3-7,13H,8-10H2,1-2H3. The molecule has 0 heterocycles. The van der Waals surface area contributed by atoms with Gasteiger partial charge in [0.2, 0.25) is 0 Å². The lowest BCUT2D eigenvalue weighted by atomic mass is 10.0. The van der Waals surface area contributed by atoms with Crippen molar-refractivity contribution < 1.29 is 9.53 Å². The first-order valence-corrected chi connectivity index (χ1v) is 5.28. The Labute approximate surface area is 91.3 Å². The van der Waals surface area contributed by atoms with E-state index in [2.05, 4.69) is 12.1 Å². The number of carbonyl (C=O) groups is 1. The Morgan fingerprint density at radius 3 is 2.53 bits per heavy atom. The summed E-state index contributed by atoms with van der Waals surface area (Å²) in [4.78, 5) is 10.9. The van der Waals surface area contributed by atoms with Gasteiger partial charge in [-0.05, 0) is 25.3 Å². The fourth-order valence-corrected chi connectivity index (χ4v) is 1.60. The number of hydrogen-bond donors (Lipinski definition) is 0. The van der Waals surface area contributed by atoms with Crippen LogP contribution in [0.25, 0.3) is 0 Å². The van der Waals surface area contributed by atoms with E-state index in [0.29, 0.717) is 6.42 Å². The van der Waals surface area contributed by atoms with Crippen LogP contribution in [0.5, 0.6) is 0 Å². The monoisotopic (exact) mass is 206 g/mol. The highest BCUT2D eigenvalue weighted by Crippen LogP contribution is 2.09. The van der Waals surface area contributed by atoms with Crippen LogP contribution in [0.15, 0.2) is 30.3 Å². The molecule has 0 radical (unpaired) electrons. The molecule has 15 heavy (non-hydrogen) atoms. The van der Waals surface area contributed by atoms with Crippen molar-refractivity contribution in [1.82, 2.24) is 0 Å². The van der Waals surface area contributed by atoms with Crippen LogP contribution < -0.4 is 0 Å². The molecule has 0 fully saturated rings. The maximum Gasteiger partial charge on any atom is 0.132 e. The predicted molar refractivity (Wildman–Crippen MR) is 60.9 cm³/mol. The molecular weight excluding hydrogens is 188 g/mol. The Balaban J connectivity index is 2.37. The maximum atomic E-state index is 10.9. The molecule has 0 amide bonds. The molecule has 2 nitrogen and oxygen atoms in total. The molecular formula is C13H18O2. The zero-order valence-corrected chi connectivity index (χ0v) is 9.40. The van der Waals surface area contributed by atoms with Gasteiger partial charge in [0.05, 0.1) is 6.10 Å². The number of benzene rings is 1. The summed E-state index contributed by atoms with van der Waals surface area (Å²) < 4.78 is 5.26. The number of ketones is 1. The van der Waals surface area contributed by atoms with Crippen molar-refractivity contribution in [1.29, 1.82) is 0 Å². The van der Waals surface area contributed by atoms with Crippen molar-refractivity contribution in [2.24, 2.45) is 0 Å². The quantitative estimate of drug-likeness (QED) is 0.715. The first-order valence-electron chi connectivity index (χ1n) is 5.28. The molecule has 1 atom stereocenters. The number of Topliss-reactive ketones (excluding diaryl/α,β-unsaturated/α-hetero) is 1. The fraction of sp³-hybridized carbons (Fsp3) is 0.462. The zero-order valence-electron chi connectivity index (χ0n) is 9.40. The van der Waals surface area contributed by atoms with Gasteiger partial charge in [-0.25, -0.2) is 0 Å². The van der Waals surface area contributed by atoms with Crippen molar-refractivity contribution in [2.75, 3.05) is 7.11 Å². The number of aryl methyl sites for hydroxylation is 1. The molecule has 1 rings (SSSR count). The number of methoxy groups -OCH3 is 1. The van der Waals surface area contributed by atoms with E-state index in [4.69, 9.17) is 4.74 Å². The van der Waals surface area contributed by atoms with Gasteiger partial charge in [-0.15, -0.1) is 0 Å². The first-order chi connectivity index (χ1) is 7.22. The van der Waals surface area contributed by atoms with Gasteiger partial charge in [-0.2, -0.15) is 0 Å².